The highest BCUT2D eigenvalue weighted by Gasteiger charge is 2.29. The first-order valence-corrected chi connectivity index (χ1v) is 7.97. The fourth-order valence-corrected chi connectivity index (χ4v) is 2.79. The van der Waals surface area contributed by atoms with Gasteiger partial charge in [-0.05, 0) is 18.4 Å². The molecule has 3 N–H and O–H groups in total. The molecule has 0 aliphatic carbocycles. The standard InChI is InChI=1S/C17H23N3O4/c1-24-16(22)14(11-12-5-3-2-4-6-12)19-17(23)20-9-7-13(8-10-20)15(18)21/h2-6,13-14H,7-11H2,1H3,(H2,18,21)(H,19,23). The van der Waals surface area contributed by atoms with Crippen LogP contribution in [-0.4, -0.2) is 49.0 Å². The number of primary amides is 1. The molecule has 1 aromatic rings. The number of carbonyl (C=O) groups is 3. The molecule has 1 unspecified atom stereocenters. The molecule has 3 amide bonds. The number of nitrogens with two attached hydrogens (primary N) is 1. The highest BCUT2D eigenvalue weighted by atomic mass is 16.5. The first-order chi connectivity index (χ1) is 11.5. The van der Waals surface area contributed by atoms with Gasteiger partial charge in [-0.1, -0.05) is 30.3 Å². The second kappa shape index (κ2) is 8.33. The van der Waals surface area contributed by atoms with E-state index in [1.165, 1.54) is 7.11 Å². The molecule has 2 rings (SSSR count). The summed E-state index contributed by atoms with van der Waals surface area (Å²) in [5.74, 6) is -0.999. The summed E-state index contributed by atoms with van der Waals surface area (Å²) in [7, 11) is 1.30. The molecule has 7 heteroatoms. The zero-order chi connectivity index (χ0) is 17.5. The number of nitrogens with one attached hydrogen (secondary N) is 1. The van der Waals surface area contributed by atoms with Gasteiger partial charge in [0.05, 0.1) is 7.11 Å². The normalized spacial score (nSPS) is 16.3. The number of rotatable bonds is 5. The van der Waals surface area contributed by atoms with Crippen LogP contribution in [0, 0.1) is 5.92 Å². The molecular weight excluding hydrogens is 310 g/mol. The molecule has 1 fully saturated rings. The molecule has 0 aromatic heterocycles. The van der Waals surface area contributed by atoms with Crippen molar-refractivity contribution in [3.63, 3.8) is 0 Å². The fourth-order valence-electron chi connectivity index (χ4n) is 2.79. The second-order valence-corrected chi connectivity index (χ2v) is 5.88. The molecular formula is C17H23N3O4. The quantitative estimate of drug-likeness (QED) is 0.774. The first kappa shape index (κ1) is 17.8. The second-order valence-electron chi connectivity index (χ2n) is 5.88. The molecule has 1 aromatic carbocycles. The number of benzene rings is 1. The number of likely N-dealkylation sites (tertiary alicyclic amines) is 1. The maximum Gasteiger partial charge on any atom is 0.328 e. The van der Waals surface area contributed by atoms with Gasteiger partial charge in [-0.2, -0.15) is 0 Å². The van der Waals surface area contributed by atoms with Gasteiger partial charge in [-0.25, -0.2) is 9.59 Å². The smallest absolute Gasteiger partial charge is 0.328 e. The molecule has 0 radical (unpaired) electrons. The van der Waals surface area contributed by atoms with E-state index < -0.39 is 12.0 Å². The summed E-state index contributed by atoms with van der Waals surface area (Å²) < 4.78 is 4.79. The van der Waals surface area contributed by atoms with Crippen molar-refractivity contribution in [2.75, 3.05) is 20.2 Å². The van der Waals surface area contributed by atoms with Crippen molar-refractivity contribution in [3.8, 4) is 0 Å². The lowest BCUT2D eigenvalue weighted by Gasteiger charge is -2.31. The number of carbonyl (C=O) groups excluding carboxylic acids is 3. The minimum absolute atomic E-state index is 0.185. The topological polar surface area (TPSA) is 102 Å². The van der Waals surface area contributed by atoms with Crippen LogP contribution in [0.4, 0.5) is 4.79 Å². The maximum atomic E-state index is 12.4. The lowest BCUT2D eigenvalue weighted by atomic mass is 9.96. The van der Waals surface area contributed by atoms with E-state index in [4.69, 9.17) is 10.5 Å². The maximum absolute atomic E-state index is 12.4. The van der Waals surface area contributed by atoms with Gasteiger partial charge in [0.25, 0.3) is 0 Å². The van der Waals surface area contributed by atoms with Crippen molar-refractivity contribution < 1.29 is 19.1 Å². The number of nitrogens with zero attached hydrogens (tertiary/aromatic N) is 1. The zero-order valence-electron chi connectivity index (χ0n) is 13.7. The van der Waals surface area contributed by atoms with Crippen molar-refractivity contribution in [1.29, 1.82) is 0 Å². The summed E-state index contributed by atoms with van der Waals surface area (Å²) >= 11 is 0. The van der Waals surface area contributed by atoms with Crippen LogP contribution in [0.1, 0.15) is 18.4 Å². The number of esters is 1. The van der Waals surface area contributed by atoms with Gasteiger partial charge in [-0.3, -0.25) is 4.79 Å². The van der Waals surface area contributed by atoms with Crippen molar-refractivity contribution in [3.05, 3.63) is 35.9 Å². The fraction of sp³-hybridized carbons (Fsp3) is 0.471. The highest BCUT2D eigenvalue weighted by molar-refractivity contribution is 5.84. The zero-order valence-corrected chi connectivity index (χ0v) is 13.7. The van der Waals surface area contributed by atoms with Gasteiger partial charge < -0.3 is 20.7 Å². The van der Waals surface area contributed by atoms with Gasteiger partial charge in [-0.15, -0.1) is 0 Å². The summed E-state index contributed by atoms with van der Waals surface area (Å²) in [5, 5.41) is 2.73. The van der Waals surface area contributed by atoms with Gasteiger partial charge in [0.1, 0.15) is 6.04 Å². The average Bonchev–Trinajstić information content (AvgIpc) is 2.61. The van der Waals surface area contributed by atoms with Crippen LogP contribution in [0.5, 0.6) is 0 Å². The number of urea groups is 1. The Kier molecular flexibility index (Phi) is 6.17. The van der Waals surface area contributed by atoms with Gasteiger partial charge in [0.15, 0.2) is 0 Å². The van der Waals surface area contributed by atoms with E-state index in [9.17, 15) is 14.4 Å². The molecule has 0 bridgehead atoms. The Hall–Kier alpha value is -2.57. The van der Waals surface area contributed by atoms with Crippen LogP contribution in [0.15, 0.2) is 30.3 Å². The Labute approximate surface area is 141 Å². The Morgan fingerprint density at radius 3 is 2.42 bits per heavy atom. The average molecular weight is 333 g/mol. The number of ether oxygens (including phenoxy) is 1. The highest BCUT2D eigenvalue weighted by Crippen LogP contribution is 2.17. The van der Waals surface area contributed by atoms with Crippen molar-refractivity contribution in [2.24, 2.45) is 11.7 Å². The third-order valence-electron chi connectivity index (χ3n) is 4.25. The van der Waals surface area contributed by atoms with Crippen LogP contribution >= 0.6 is 0 Å². The predicted octanol–water partition coefficient (Wildman–Crippen LogP) is 0.678. The Morgan fingerprint density at radius 1 is 1.25 bits per heavy atom. The lowest BCUT2D eigenvalue weighted by Crippen LogP contribution is -2.51. The lowest BCUT2D eigenvalue weighted by molar-refractivity contribution is -0.142. The molecule has 1 aliphatic rings. The molecule has 0 spiro atoms. The molecule has 1 saturated heterocycles. The third-order valence-corrected chi connectivity index (χ3v) is 4.25. The molecule has 7 nitrogen and oxygen atoms in total. The predicted molar refractivity (Wildman–Crippen MR) is 88.0 cm³/mol. The minimum Gasteiger partial charge on any atom is -0.467 e. The monoisotopic (exact) mass is 333 g/mol. The van der Waals surface area contributed by atoms with E-state index in [1.807, 2.05) is 30.3 Å². The number of amides is 3. The molecule has 1 aliphatic heterocycles. The number of methoxy groups -OCH3 is 1. The summed E-state index contributed by atoms with van der Waals surface area (Å²) in [4.78, 5) is 37.1. The summed E-state index contributed by atoms with van der Waals surface area (Å²) in [5.41, 5.74) is 6.23. The van der Waals surface area contributed by atoms with Crippen molar-refractivity contribution >= 4 is 17.9 Å². The van der Waals surface area contributed by atoms with Gasteiger partial charge in [0.2, 0.25) is 5.91 Å². The summed E-state index contributed by atoms with van der Waals surface area (Å²) in [6, 6.07) is 8.34. The van der Waals surface area contributed by atoms with E-state index in [0.717, 1.165) is 5.56 Å². The van der Waals surface area contributed by atoms with Crippen LogP contribution in [0.25, 0.3) is 0 Å². The largest absolute Gasteiger partial charge is 0.467 e. The van der Waals surface area contributed by atoms with E-state index in [-0.39, 0.29) is 17.9 Å². The van der Waals surface area contributed by atoms with E-state index in [1.54, 1.807) is 4.90 Å². The number of piperidine rings is 1. The van der Waals surface area contributed by atoms with Gasteiger partial charge >= 0.3 is 12.0 Å². The molecule has 130 valence electrons. The Bertz CT molecular complexity index is 583. The van der Waals surface area contributed by atoms with Crippen LogP contribution in [0.2, 0.25) is 0 Å². The van der Waals surface area contributed by atoms with Gasteiger partial charge in [0, 0.05) is 25.4 Å². The van der Waals surface area contributed by atoms with E-state index in [2.05, 4.69) is 5.32 Å². The Balaban J connectivity index is 1.95. The SMILES string of the molecule is COC(=O)C(Cc1ccccc1)NC(=O)N1CCC(C(N)=O)CC1. The van der Waals surface area contributed by atoms with Crippen molar-refractivity contribution in [2.45, 2.75) is 25.3 Å². The molecule has 1 heterocycles. The number of hydrogen-bond acceptors (Lipinski definition) is 4. The minimum atomic E-state index is -0.751. The third kappa shape index (κ3) is 4.71. The van der Waals surface area contributed by atoms with Crippen LogP contribution in [-0.2, 0) is 20.7 Å². The number of hydrogen-bond donors (Lipinski definition) is 2. The van der Waals surface area contributed by atoms with E-state index >= 15 is 0 Å². The molecule has 0 saturated carbocycles. The van der Waals surface area contributed by atoms with Crippen LogP contribution < -0.4 is 11.1 Å². The van der Waals surface area contributed by atoms with Crippen molar-refractivity contribution in [1.82, 2.24) is 10.2 Å². The molecule has 1 atom stereocenters. The summed E-state index contributed by atoms with van der Waals surface area (Å²) in [6.45, 7) is 0.886. The first-order valence-electron chi connectivity index (χ1n) is 7.97. The summed E-state index contributed by atoms with van der Waals surface area (Å²) in [6.07, 6.45) is 1.45. The van der Waals surface area contributed by atoms with E-state index in [0.29, 0.717) is 32.4 Å². The Morgan fingerprint density at radius 2 is 1.88 bits per heavy atom. The molecule has 24 heavy (non-hydrogen) atoms. The van der Waals surface area contributed by atoms with Crippen LogP contribution in [0.3, 0.4) is 0 Å².